The highest BCUT2D eigenvalue weighted by Gasteiger charge is 2.34. The topological polar surface area (TPSA) is 84.5 Å². The maximum atomic E-state index is 13.2. The summed E-state index contributed by atoms with van der Waals surface area (Å²) in [7, 11) is 0. The van der Waals surface area contributed by atoms with Crippen molar-refractivity contribution in [3.05, 3.63) is 40.3 Å². The largest absolute Gasteiger partial charge is 0.462 e. The lowest BCUT2D eigenvalue weighted by atomic mass is 9.72. The SMILES string of the molecule is CCCC(=O)Nc1cccc(SC(C)C(=O)Nc2sc3c(c2C(=O)OCC)CCC(C(C)(C)C)C3)c1. The van der Waals surface area contributed by atoms with E-state index in [4.69, 9.17) is 4.74 Å². The molecule has 2 amide bonds. The number of amides is 2. The number of anilines is 2. The van der Waals surface area contributed by atoms with Crippen molar-refractivity contribution in [3.8, 4) is 0 Å². The lowest BCUT2D eigenvalue weighted by molar-refractivity contribution is -0.116. The Morgan fingerprint density at radius 1 is 1.19 bits per heavy atom. The van der Waals surface area contributed by atoms with Crippen LogP contribution in [-0.2, 0) is 27.2 Å². The molecule has 0 fully saturated rings. The number of ether oxygens (including phenoxy) is 1. The van der Waals surface area contributed by atoms with Crippen LogP contribution in [0.3, 0.4) is 0 Å². The molecule has 6 nitrogen and oxygen atoms in total. The lowest BCUT2D eigenvalue weighted by Crippen LogP contribution is -2.27. The fraction of sp³-hybridized carbons (Fsp3) is 0.536. The van der Waals surface area contributed by atoms with Gasteiger partial charge < -0.3 is 15.4 Å². The molecule has 3 rings (SSSR count). The molecular formula is C28H38N2O4S2. The van der Waals surface area contributed by atoms with E-state index in [2.05, 4.69) is 31.4 Å². The van der Waals surface area contributed by atoms with Gasteiger partial charge in [0.2, 0.25) is 11.8 Å². The van der Waals surface area contributed by atoms with Crippen LogP contribution in [0.15, 0.2) is 29.2 Å². The minimum absolute atomic E-state index is 0.0210. The molecule has 1 aliphatic rings. The van der Waals surface area contributed by atoms with Gasteiger partial charge in [-0.1, -0.05) is 33.8 Å². The van der Waals surface area contributed by atoms with Crippen LogP contribution in [0.25, 0.3) is 0 Å². The van der Waals surface area contributed by atoms with Gasteiger partial charge in [0.25, 0.3) is 0 Å². The van der Waals surface area contributed by atoms with Gasteiger partial charge in [0.05, 0.1) is 17.4 Å². The molecule has 2 N–H and O–H groups in total. The second-order valence-corrected chi connectivity index (χ2v) is 12.8. The Morgan fingerprint density at radius 2 is 1.94 bits per heavy atom. The number of hydrogen-bond acceptors (Lipinski definition) is 6. The van der Waals surface area contributed by atoms with Crippen LogP contribution in [0, 0.1) is 11.3 Å². The van der Waals surface area contributed by atoms with Gasteiger partial charge in [-0.2, -0.15) is 0 Å². The van der Waals surface area contributed by atoms with Crippen LogP contribution in [0.1, 0.15) is 81.6 Å². The van der Waals surface area contributed by atoms with Crippen molar-refractivity contribution in [2.24, 2.45) is 11.3 Å². The van der Waals surface area contributed by atoms with Crippen molar-refractivity contribution in [2.75, 3.05) is 17.2 Å². The van der Waals surface area contributed by atoms with E-state index in [1.54, 1.807) is 6.92 Å². The number of esters is 1. The monoisotopic (exact) mass is 530 g/mol. The Kier molecular flexibility index (Phi) is 9.64. The first-order chi connectivity index (χ1) is 17.0. The summed E-state index contributed by atoms with van der Waals surface area (Å²) < 4.78 is 5.36. The van der Waals surface area contributed by atoms with Crippen LogP contribution >= 0.6 is 23.1 Å². The first-order valence-corrected chi connectivity index (χ1v) is 14.4. The van der Waals surface area contributed by atoms with Crippen LogP contribution in [0.5, 0.6) is 0 Å². The predicted molar refractivity (Wildman–Crippen MR) is 149 cm³/mol. The van der Waals surface area contributed by atoms with Gasteiger partial charge in [-0.15, -0.1) is 23.1 Å². The molecule has 2 unspecified atom stereocenters. The van der Waals surface area contributed by atoms with Gasteiger partial charge in [-0.3, -0.25) is 9.59 Å². The quantitative estimate of drug-likeness (QED) is 0.271. The zero-order valence-corrected chi connectivity index (χ0v) is 23.8. The van der Waals surface area contributed by atoms with Crippen LogP contribution < -0.4 is 10.6 Å². The Hall–Kier alpha value is -2.32. The van der Waals surface area contributed by atoms with Crippen molar-refractivity contribution in [1.82, 2.24) is 0 Å². The summed E-state index contributed by atoms with van der Waals surface area (Å²) in [6.07, 6.45) is 4.00. The predicted octanol–water partition coefficient (Wildman–Crippen LogP) is 6.93. The van der Waals surface area contributed by atoms with E-state index >= 15 is 0 Å². The van der Waals surface area contributed by atoms with Gasteiger partial charge in [0.15, 0.2) is 0 Å². The molecule has 1 aromatic carbocycles. The van der Waals surface area contributed by atoms with Gasteiger partial charge in [0.1, 0.15) is 5.00 Å². The van der Waals surface area contributed by atoms with Crippen molar-refractivity contribution < 1.29 is 19.1 Å². The molecule has 2 aromatic rings. The number of hydrogen-bond donors (Lipinski definition) is 2. The molecule has 1 aromatic heterocycles. The van der Waals surface area contributed by atoms with Gasteiger partial charge >= 0.3 is 5.97 Å². The van der Waals surface area contributed by atoms with E-state index in [9.17, 15) is 14.4 Å². The summed E-state index contributed by atoms with van der Waals surface area (Å²) in [5.74, 6) is -0.0265. The summed E-state index contributed by atoms with van der Waals surface area (Å²) in [5.41, 5.74) is 2.46. The minimum Gasteiger partial charge on any atom is -0.462 e. The molecule has 1 heterocycles. The molecule has 0 radical (unpaired) electrons. The van der Waals surface area contributed by atoms with Gasteiger partial charge in [-0.25, -0.2) is 4.79 Å². The number of nitrogens with one attached hydrogen (secondary N) is 2. The van der Waals surface area contributed by atoms with E-state index < -0.39 is 5.25 Å². The van der Waals surface area contributed by atoms with Crippen molar-refractivity contribution in [3.63, 3.8) is 0 Å². The highest BCUT2D eigenvalue weighted by Crippen LogP contribution is 2.44. The molecule has 0 bridgehead atoms. The van der Waals surface area contributed by atoms with Crippen LogP contribution in [0.2, 0.25) is 0 Å². The summed E-state index contributed by atoms with van der Waals surface area (Å²) >= 11 is 2.93. The molecule has 2 atom stereocenters. The van der Waals surface area contributed by atoms with E-state index in [-0.39, 0.29) is 23.2 Å². The van der Waals surface area contributed by atoms with E-state index in [0.717, 1.165) is 41.8 Å². The van der Waals surface area contributed by atoms with Gasteiger partial charge in [-0.05, 0) is 74.6 Å². The first-order valence-electron chi connectivity index (χ1n) is 12.7. The summed E-state index contributed by atoms with van der Waals surface area (Å²) in [6.45, 7) is 12.7. The Labute approximate surface area is 223 Å². The average molecular weight is 531 g/mol. The normalized spacial score (nSPS) is 16.1. The molecule has 0 saturated carbocycles. The molecule has 196 valence electrons. The standard InChI is InChI=1S/C28H38N2O4S2/c1-7-10-23(31)29-19-11-9-12-20(16-19)35-17(3)25(32)30-26-24(27(33)34-8-2)21-14-13-18(28(4,5)6)15-22(21)36-26/h9,11-12,16-18H,7-8,10,13-15H2,1-6H3,(H,29,31)(H,30,32). The highest BCUT2D eigenvalue weighted by atomic mass is 32.2. The van der Waals surface area contributed by atoms with E-state index in [1.165, 1.54) is 28.0 Å². The van der Waals surface area contributed by atoms with Crippen LogP contribution in [-0.4, -0.2) is 29.6 Å². The number of thioether (sulfide) groups is 1. The summed E-state index contributed by atoms with van der Waals surface area (Å²) in [6, 6.07) is 7.51. The number of rotatable bonds is 9. The number of carbonyl (C=O) groups excluding carboxylic acids is 3. The molecule has 0 aliphatic heterocycles. The Balaban J connectivity index is 1.76. The third-order valence-corrected chi connectivity index (χ3v) is 8.75. The Morgan fingerprint density at radius 3 is 2.61 bits per heavy atom. The molecule has 36 heavy (non-hydrogen) atoms. The van der Waals surface area contributed by atoms with Gasteiger partial charge in [0, 0.05) is 21.9 Å². The van der Waals surface area contributed by atoms with E-state index in [1.807, 2.05) is 38.1 Å². The summed E-state index contributed by atoms with van der Waals surface area (Å²) in [4.78, 5) is 40.1. The fourth-order valence-corrected chi connectivity index (χ4v) is 6.65. The second kappa shape index (κ2) is 12.3. The fourth-order valence-electron chi connectivity index (χ4n) is 4.40. The first kappa shape index (κ1) is 28.3. The zero-order valence-electron chi connectivity index (χ0n) is 22.2. The number of fused-ring (bicyclic) bond motifs is 1. The maximum Gasteiger partial charge on any atom is 0.341 e. The van der Waals surface area contributed by atoms with E-state index in [0.29, 0.717) is 29.5 Å². The molecule has 8 heteroatoms. The van der Waals surface area contributed by atoms with Crippen molar-refractivity contribution in [1.29, 1.82) is 0 Å². The molecular weight excluding hydrogens is 492 g/mol. The van der Waals surface area contributed by atoms with Crippen LogP contribution in [0.4, 0.5) is 10.7 Å². The third kappa shape index (κ3) is 7.13. The molecule has 0 saturated heterocycles. The molecule has 1 aliphatic carbocycles. The van der Waals surface area contributed by atoms with Crippen molar-refractivity contribution in [2.45, 2.75) is 83.8 Å². The second-order valence-electron chi connectivity index (χ2n) is 10.3. The van der Waals surface area contributed by atoms with Crippen molar-refractivity contribution >= 4 is 51.6 Å². The maximum absolute atomic E-state index is 13.2. The number of thiophene rings is 1. The number of carbonyl (C=O) groups is 3. The molecule has 0 spiro atoms. The Bertz CT molecular complexity index is 1100. The number of benzene rings is 1. The zero-order chi connectivity index (χ0) is 26.5. The smallest absolute Gasteiger partial charge is 0.341 e. The lowest BCUT2D eigenvalue weighted by Gasteiger charge is -2.33. The average Bonchev–Trinajstić information content (AvgIpc) is 3.16. The highest BCUT2D eigenvalue weighted by molar-refractivity contribution is 8.00. The summed E-state index contributed by atoms with van der Waals surface area (Å²) in [5, 5.41) is 6.12. The third-order valence-electron chi connectivity index (χ3n) is 6.48. The minimum atomic E-state index is -0.400.